The fraction of sp³-hybridized carbons (Fsp3) is 0.118. The van der Waals surface area contributed by atoms with Gasteiger partial charge in [0.05, 0.1) is 0 Å². The molecule has 0 fully saturated rings. The minimum Gasteiger partial charge on any atom is -0.290 e. The van der Waals surface area contributed by atoms with Crippen LogP contribution in [-0.2, 0) is 28.8 Å². The lowest BCUT2D eigenvalue weighted by Gasteiger charge is -2.50. The predicted octanol–water partition coefficient (Wildman–Crippen LogP) is 3.53. The minimum atomic E-state index is -0.856. The maximum absolute atomic E-state index is 14.7. The monoisotopic (exact) mass is 520 g/mol. The molecule has 2 aromatic carbocycles. The van der Waals surface area contributed by atoms with Crippen LogP contribution < -0.4 is 0 Å². The lowest BCUT2D eigenvalue weighted by atomic mass is 9.50. The van der Waals surface area contributed by atoms with Gasteiger partial charge in [0, 0.05) is 68.3 Å². The quantitative estimate of drug-likeness (QED) is 0.493. The third-order valence-electron chi connectivity index (χ3n) is 9.52. The van der Waals surface area contributed by atoms with Gasteiger partial charge in [-0.05, 0) is 46.6 Å². The molecule has 0 saturated carbocycles. The average molecular weight is 520 g/mol. The van der Waals surface area contributed by atoms with E-state index in [-0.39, 0.29) is 79.3 Å². The highest BCUT2D eigenvalue weighted by atomic mass is 16.2. The highest BCUT2D eigenvalue weighted by molar-refractivity contribution is 6.35. The van der Waals surface area contributed by atoms with E-state index < -0.39 is 23.7 Å². The van der Waals surface area contributed by atoms with Gasteiger partial charge in [0.15, 0.2) is 34.7 Å². The number of allylic oxidation sites excluding steroid dienone is 12. The largest absolute Gasteiger partial charge is 0.290 e. The number of Topliss-reactive ketones (excluding diaryl/α,β-unsaturated/α-hetero) is 2. The molecule has 6 nitrogen and oxygen atoms in total. The standard InChI is InChI=1S/C34H16O6/c35-17-9-10-18(36)26-22-14-6-2-1-5-13(14)21(25(17)26)29-30(22)34(40)32-24-16-8-4-3-7-15(16)23(31(32)33(29)39)27-19(37)11-12-20(38)28(24)27/h1-12,21-24H/t21-,22+,23+,24-. The summed E-state index contributed by atoms with van der Waals surface area (Å²) in [6.45, 7) is 0. The summed E-state index contributed by atoms with van der Waals surface area (Å²) in [7, 11) is 0. The maximum Gasteiger partial charge on any atom is 0.187 e. The van der Waals surface area contributed by atoms with Gasteiger partial charge in [-0.2, -0.15) is 0 Å². The van der Waals surface area contributed by atoms with E-state index in [1.165, 1.54) is 24.3 Å². The molecule has 40 heavy (non-hydrogen) atoms. The second-order valence-corrected chi connectivity index (χ2v) is 11.1. The summed E-state index contributed by atoms with van der Waals surface area (Å²) >= 11 is 0. The van der Waals surface area contributed by atoms with Crippen LogP contribution in [-0.4, -0.2) is 34.7 Å². The van der Waals surface area contributed by atoms with Crippen LogP contribution >= 0.6 is 0 Å². The topological polar surface area (TPSA) is 102 Å². The zero-order chi connectivity index (χ0) is 27.2. The van der Waals surface area contributed by atoms with Crippen molar-refractivity contribution in [2.24, 2.45) is 0 Å². The van der Waals surface area contributed by atoms with Crippen molar-refractivity contribution in [3.63, 3.8) is 0 Å². The molecule has 11 rings (SSSR count). The van der Waals surface area contributed by atoms with Crippen LogP contribution in [0.2, 0.25) is 0 Å². The van der Waals surface area contributed by atoms with Crippen LogP contribution in [0.5, 0.6) is 0 Å². The molecule has 2 aromatic rings. The Bertz CT molecular complexity index is 1740. The van der Waals surface area contributed by atoms with Gasteiger partial charge in [0.2, 0.25) is 0 Å². The molecule has 0 radical (unpaired) electrons. The molecule has 0 N–H and O–H groups in total. The zero-order valence-corrected chi connectivity index (χ0v) is 20.7. The van der Waals surface area contributed by atoms with Gasteiger partial charge in [-0.3, -0.25) is 28.8 Å². The fourth-order valence-corrected chi connectivity index (χ4v) is 8.20. The molecule has 0 aliphatic heterocycles. The molecule has 4 atom stereocenters. The van der Waals surface area contributed by atoms with Crippen molar-refractivity contribution in [3.8, 4) is 0 Å². The summed E-state index contributed by atoms with van der Waals surface area (Å²) in [5.74, 6) is -5.57. The van der Waals surface area contributed by atoms with Crippen molar-refractivity contribution >= 4 is 34.7 Å². The first-order valence-corrected chi connectivity index (χ1v) is 13.2. The first kappa shape index (κ1) is 21.8. The van der Waals surface area contributed by atoms with Gasteiger partial charge in [0.25, 0.3) is 0 Å². The summed E-state index contributed by atoms with van der Waals surface area (Å²) in [4.78, 5) is 82.5. The molecular weight excluding hydrogens is 504 g/mol. The maximum atomic E-state index is 14.7. The smallest absolute Gasteiger partial charge is 0.187 e. The summed E-state index contributed by atoms with van der Waals surface area (Å²) in [6.07, 6.45) is 4.94. The molecule has 6 heteroatoms. The number of carbonyl (C=O) groups excluding carboxylic acids is 6. The Morgan fingerprint density at radius 2 is 0.550 bits per heavy atom. The molecule has 0 spiro atoms. The number of carbonyl (C=O) groups is 6. The van der Waals surface area contributed by atoms with Gasteiger partial charge in [0.1, 0.15) is 0 Å². The molecule has 9 aliphatic carbocycles. The van der Waals surface area contributed by atoms with Crippen LogP contribution in [0.15, 0.2) is 117 Å². The lowest BCUT2D eigenvalue weighted by molar-refractivity contribution is -0.119. The Labute approximate surface area is 226 Å². The van der Waals surface area contributed by atoms with Gasteiger partial charge in [-0.25, -0.2) is 0 Å². The van der Waals surface area contributed by atoms with E-state index in [1.807, 2.05) is 48.5 Å². The minimum absolute atomic E-state index is 0.222. The van der Waals surface area contributed by atoms with Crippen molar-refractivity contribution in [1.29, 1.82) is 0 Å². The number of hydrogen-bond donors (Lipinski definition) is 0. The Kier molecular flexibility index (Phi) is 3.76. The molecule has 9 aliphatic rings. The molecule has 188 valence electrons. The predicted molar refractivity (Wildman–Crippen MR) is 140 cm³/mol. The zero-order valence-electron chi connectivity index (χ0n) is 20.7. The Balaban J connectivity index is 1.33. The Morgan fingerprint density at radius 1 is 0.325 bits per heavy atom. The molecule has 0 unspecified atom stereocenters. The van der Waals surface area contributed by atoms with Gasteiger partial charge in [-0.15, -0.1) is 0 Å². The summed E-state index contributed by atoms with van der Waals surface area (Å²) < 4.78 is 0. The van der Waals surface area contributed by atoms with E-state index >= 15 is 0 Å². The van der Waals surface area contributed by atoms with E-state index in [0.29, 0.717) is 0 Å². The average Bonchev–Trinajstić information content (AvgIpc) is 2.98. The highest BCUT2D eigenvalue weighted by Gasteiger charge is 2.60. The van der Waals surface area contributed by atoms with Gasteiger partial charge >= 0.3 is 0 Å². The molecule has 0 saturated heterocycles. The second-order valence-electron chi connectivity index (χ2n) is 11.1. The molecule has 0 aromatic heterocycles. The molecule has 4 bridgehead atoms. The van der Waals surface area contributed by atoms with Crippen molar-refractivity contribution in [2.45, 2.75) is 23.7 Å². The second kappa shape index (κ2) is 6.90. The van der Waals surface area contributed by atoms with Crippen LogP contribution in [0, 0.1) is 0 Å². The van der Waals surface area contributed by atoms with E-state index in [2.05, 4.69) is 0 Å². The van der Waals surface area contributed by atoms with E-state index in [0.717, 1.165) is 22.3 Å². The van der Waals surface area contributed by atoms with E-state index in [1.54, 1.807) is 0 Å². The number of rotatable bonds is 0. The SMILES string of the molecule is O=C1C=CC(=O)C2=C1[C@@H]1C3=C(C(=O)C4=C(C3=O)[C@@H]3C5=C(C(=O)C=CC5=O)[C@H]4c4ccccc43)[C@H]2c2ccccc21. The van der Waals surface area contributed by atoms with Crippen LogP contribution in [0.25, 0.3) is 0 Å². The number of ketones is 6. The van der Waals surface area contributed by atoms with Gasteiger partial charge in [-0.1, -0.05) is 48.5 Å². The summed E-state index contributed by atoms with van der Waals surface area (Å²) in [5.41, 5.74) is 4.86. The summed E-state index contributed by atoms with van der Waals surface area (Å²) in [5, 5.41) is 0. The first-order chi connectivity index (χ1) is 19.4. The van der Waals surface area contributed by atoms with Crippen molar-refractivity contribution in [1.82, 2.24) is 0 Å². The van der Waals surface area contributed by atoms with E-state index in [9.17, 15) is 28.8 Å². The lowest BCUT2D eigenvalue weighted by Crippen LogP contribution is -2.47. The van der Waals surface area contributed by atoms with Gasteiger partial charge < -0.3 is 0 Å². The highest BCUT2D eigenvalue weighted by Crippen LogP contribution is 2.64. The molecular formula is C34H16O6. The van der Waals surface area contributed by atoms with Crippen molar-refractivity contribution in [3.05, 3.63) is 140 Å². The van der Waals surface area contributed by atoms with Crippen LogP contribution in [0.3, 0.4) is 0 Å². The Hall–Kier alpha value is -5.10. The van der Waals surface area contributed by atoms with Crippen molar-refractivity contribution < 1.29 is 28.8 Å². The fourth-order valence-electron chi connectivity index (χ4n) is 8.20. The van der Waals surface area contributed by atoms with Crippen LogP contribution in [0.4, 0.5) is 0 Å². The first-order valence-electron chi connectivity index (χ1n) is 13.2. The van der Waals surface area contributed by atoms with E-state index in [4.69, 9.17) is 0 Å². The molecule has 0 amide bonds. The normalized spacial score (nSPS) is 28.7. The molecule has 0 heterocycles. The number of hydrogen-bond acceptors (Lipinski definition) is 6. The van der Waals surface area contributed by atoms with Crippen LogP contribution in [0.1, 0.15) is 45.9 Å². The third kappa shape index (κ3) is 2.22. The van der Waals surface area contributed by atoms with Crippen molar-refractivity contribution in [2.75, 3.05) is 0 Å². The third-order valence-corrected chi connectivity index (χ3v) is 9.52. The summed E-state index contributed by atoms with van der Waals surface area (Å²) in [6, 6.07) is 14.6. The Morgan fingerprint density at radius 3 is 0.775 bits per heavy atom. The number of benzene rings is 2.